The molecule has 0 amide bonds. The van der Waals surface area contributed by atoms with Crippen LogP contribution in [0.25, 0.3) is 5.65 Å². The van der Waals surface area contributed by atoms with Gasteiger partial charge in [-0.2, -0.15) is 0 Å². The molecule has 0 radical (unpaired) electrons. The monoisotopic (exact) mass is 305 g/mol. The number of piperidine rings is 1. The molecule has 0 N–H and O–H groups in total. The molecule has 2 aliphatic heterocycles. The summed E-state index contributed by atoms with van der Waals surface area (Å²) in [5.41, 5.74) is 2.57. The molecular weight excluding hydrogens is 286 g/mol. The highest BCUT2D eigenvalue weighted by Gasteiger charge is 2.38. The second-order valence-electron chi connectivity index (χ2n) is 6.44. The molecule has 0 saturated carbocycles. The van der Waals surface area contributed by atoms with Gasteiger partial charge in [0.25, 0.3) is 0 Å². The van der Waals surface area contributed by atoms with E-state index in [4.69, 9.17) is 16.3 Å². The number of imidazole rings is 1. The van der Waals surface area contributed by atoms with Gasteiger partial charge in [0.05, 0.1) is 23.5 Å². The molecule has 4 nitrogen and oxygen atoms in total. The van der Waals surface area contributed by atoms with E-state index in [1.807, 2.05) is 24.5 Å². The Balaban J connectivity index is 1.55. The molecule has 2 aliphatic rings. The van der Waals surface area contributed by atoms with E-state index in [0.29, 0.717) is 5.41 Å². The highest BCUT2D eigenvalue weighted by molar-refractivity contribution is 6.30. The minimum atomic E-state index is 0.399. The first-order chi connectivity index (χ1) is 10.2. The van der Waals surface area contributed by atoms with Gasteiger partial charge in [0.15, 0.2) is 0 Å². The summed E-state index contributed by atoms with van der Waals surface area (Å²) in [6.07, 6.45) is 7.71. The molecule has 4 heterocycles. The Labute approximate surface area is 129 Å². The lowest BCUT2D eigenvalue weighted by molar-refractivity contribution is 0.0637. The van der Waals surface area contributed by atoms with Gasteiger partial charge in [0, 0.05) is 31.3 Å². The maximum Gasteiger partial charge on any atom is 0.137 e. The third kappa shape index (κ3) is 2.56. The summed E-state index contributed by atoms with van der Waals surface area (Å²) < 4.78 is 7.75. The molecular formula is C16H20ClN3O. The van der Waals surface area contributed by atoms with E-state index >= 15 is 0 Å². The first-order valence-corrected chi connectivity index (χ1v) is 8.04. The molecule has 2 fully saturated rings. The topological polar surface area (TPSA) is 29.8 Å². The van der Waals surface area contributed by atoms with Crippen LogP contribution in [0.1, 0.15) is 25.0 Å². The van der Waals surface area contributed by atoms with E-state index in [2.05, 4.69) is 14.3 Å². The van der Waals surface area contributed by atoms with Crippen molar-refractivity contribution in [2.24, 2.45) is 5.41 Å². The van der Waals surface area contributed by atoms with Crippen LogP contribution in [0.4, 0.5) is 0 Å². The maximum absolute atomic E-state index is 6.11. The molecule has 4 rings (SSSR count). The Kier molecular flexibility index (Phi) is 3.40. The molecule has 5 heteroatoms. The van der Waals surface area contributed by atoms with Gasteiger partial charge in [-0.1, -0.05) is 11.6 Å². The first kappa shape index (κ1) is 13.6. The Morgan fingerprint density at radius 2 is 2.29 bits per heavy atom. The Morgan fingerprint density at radius 1 is 1.33 bits per heavy atom. The Bertz CT molecular complexity index is 648. The molecule has 112 valence electrons. The van der Waals surface area contributed by atoms with Crippen molar-refractivity contribution in [3.63, 3.8) is 0 Å². The minimum absolute atomic E-state index is 0.399. The quantitative estimate of drug-likeness (QED) is 0.854. The number of pyridine rings is 1. The predicted molar refractivity (Wildman–Crippen MR) is 82.6 cm³/mol. The van der Waals surface area contributed by atoms with Crippen LogP contribution in [0.3, 0.4) is 0 Å². The number of hydrogen-bond donors (Lipinski definition) is 0. The minimum Gasteiger partial charge on any atom is -0.381 e. The third-order valence-corrected chi connectivity index (χ3v) is 5.08. The number of ether oxygens (including phenoxy) is 1. The van der Waals surface area contributed by atoms with Gasteiger partial charge in [-0.05, 0) is 37.9 Å². The van der Waals surface area contributed by atoms with Crippen LogP contribution in [0.2, 0.25) is 5.02 Å². The maximum atomic E-state index is 6.11. The van der Waals surface area contributed by atoms with E-state index in [1.165, 1.54) is 25.0 Å². The summed E-state index contributed by atoms with van der Waals surface area (Å²) in [6.45, 7) is 5.10. The predicted octanol–water partition coefficient (Wildman–Crippen LogP) is 2.99. The molecule has 1 spiro atoms. The van der Waals surface area contributed by atoms with Crippen LogP contribution in [0.15, 0.2) is 24.5 Å². The van der Waals surface area contributed by atoms with E-state index in [0.717, 1.165) is 43.5 Å². The second-order valence-corrected chi connectivity index (χ2v) is 6.88. The van der Waals surface area contributed by atoms with Crippen molar-refractivity contribution in [3.8, 4) is 0 Å². The lowest BCUT2D eigenvalue weighted by atomic mass is 9.79. The van der Waals surface area contributed by atoms with Gasteiger partial charge < -0.3 is 9.14 Å². The fraction of sp³-hybridized carbons (Fsp3) is 0.562. The van der Waals surface area contributed by atoms with Crippen LogP contribution in [-0.2, 0) is 11.3 Å². The van der Waals surface area contributed by atoms with Gasteiger partial charge in [0.2, 0.25) is 0 Å². The van der Waals surface area contributed by atoms with Crippen LogP contribution in [-0.4, -0.2) is 40.6 Å². The SMILES string of the molecule is Clc1ccc2ncc(CN3CCC[C@@]4(CCOC4)C3)n2c1. The van der Waals surface area contributed by atoms with E-state index < -0.39 is 0 Å². The molecule has 0 aliphatic carbocycles. The number of fused-ring (bicyclic) bond motifs is 1. The van der Waals surface area contributed by atoms with Gasteiger partial charge >= 0.3 is 0 Å². The third-order valence-electron chi connectivity index (χ3n) is 4.86. The lowest BCUT2D eigenvalue weighted by Crippen LogP contribution is -2.43. The van der Waals surface area contributed by atoms with Crippen molar-refractivity contribution >= 4 is 17.2 Å². The molecule has 0 bridgehead atoms. The number of rotatable bonds is 2. The second kappa shape index (κ2) is 5.27. The first-order valence-electron chi connectivity index (χ1n) is 7.66. The summed E-state index contributed by atoms with van der Waals surface area (Å²) in [7, 11) is 0. The summed E-state index contributed by atoms with van der Waals surface area (Å²) >= 11 is 6.11. The number of likely N-dealkylation sites (tertiary alicyclic amines) is 1. The molecule has 0 unspecified atom stereocenters. The number of halogens is 1. The average molecular weight is 306 g/mol. The van der Waals surface area contributed by atoms with Crippen molar-refractivity contribution in [2.75, 3.05) is 26.3 Å². The van der Waals surface area contributed by atoms with Crippen LogP contribution >= 0.6 is 11.6 Å². The zero-order chi connectivity index (χ0) is 14.3. The summed E-state index contributed by atoms with van der Waals surface area (Å²) in [4.78, 5) is 7.01. The normalized spacial score (nSPS) is 26.9. The van der Waals surface area contributed by atoms with Gasteiger partial charge in [-0.3, -0.25) is 4.90 Å². The standard InChI is InChI=1S/C16H20ClN3O/c17-13-2-3-15-18-8-14(20(15)9-13)10-19-6-1-4-16(11-19)5-7-21-12-16/h2-3,8-9H,1,4-7,10-12H2/t16-/m1/s1. The Hall–Kier alpha value is -1.10. The van der Waals surface area contributed by atoms with Crippen molar-refractivity contribution in [1.29, 1.82) is 0 Å². The lowest BCUT2D eigenvalue weighted by Gasteiger charge is -2.39. The summed E-state index contributed by atoms with van der Waals surface area (Å²) in [5.74, 6) is 0. The van der Waals surface area contributed by atoms with Crippen molar-refractivity contribution in [1.82, 2.24) is 14.3 Å². The van der Waals surface area contributed by atoms with Crippen LogP contribution < -0.4 is 0 Å². The smallest absolute Gasteiger partial charge is 0.137 e. The van der Waals surface area contributed by atoms with Gasteiger partial charge in [-0.15, -0.1) is 0 Å². The molecule has 2 aromatic heterocycles. The largest absolute Gasteiger partial charge is 0.381 e. The van der Waals surface area contributed by atoms with Gasteiger partial charge in [-0.25, -0.2) is 4.98 Å². The highest BCUT2D eigenvalue weighted by atomic mass is 35.5. The fourth-order valence-electron chi connectivity index (χ4n) is 3.77. The Morgan fingerprint density at radius 3 is 3.14 bits per heavy atom. The van der Waals surface area contributed by atoms with Crippen molar-refractivity contribution in [3.05, 3.63) is 35.2 Å². The van der Waals surface area contributed by atoms with E-state index in [-0.39, 0.29) is 0 Å². The molecule has 2 aromatic rings. The zero-order valence-electron chi connectivity index (χ0n) is 12.1. The number of hydrogen-bond acceptors (Lipinski definition) is 3. The highest BCUT2D eigenvalue weighted by Crippen LogP contribution is 2.38. The van der Waals surface area contributed by atoms with Crippen molar-refractivity contribution in [2.45, 2.75) is 25.8 Å². The summed E-state index contributed by atoms with van der Waals surface area (Å²) in [6, 6.07) is 3.85. The zero-order valence-corrected chi connectivity index (χ0v) is 12.9. The van der Waals surface area contributed by atoms with E-state index in [1.54, 1.807) is 0 Å². The van der Waals surface area contributed by atoms with Crippen LogP contribution in [0, 0.1) is 5.41 Å². The van der Waals surface area contributed by atoms with Crippen molar-refractivity contribution < 1.29 is 4.74 Å². The van der Waals surface area contributed by atoms with E-state index in [9.17, 15) is 0 Å². The molecule has 2 saturated heterocycles. The van der Waals surface area contributed by atoms with Crippen LogP contribution in [0.5, 0.6) is 0 Å². The number of aromatic nitrogens is 2. The van der Waals surface area contributed by atoms with Gasteiger partial charge in [0.1, 0.15) is 5.65 Å². The molecule has 0 aromatic carbocycles. The molecule has 1 atom stereocenters. The fourth-order valence-corrected chi connectivity index (χ4v) is 3.93. The molecule has 21 heavy (non-hydrogen) atoms. The number of nitrogens with zero attached hydrogens (tertiary/aromatic N) is 3. The summed E-state index contributed by atoms with van der Waals surface area (Å²) in [5, 5.41) is 0.751. The average Bonchev–Trinajstić information content (AvgIpc) is 3.07.